The van der Waals surface area contributed by atoms with Crippen molar-refractivity contribution in [2.45, 2.75) is 44.6 Å². The number of alkyl halides is 3. The van der Waals surface area contributed by atoms with E-state index >= 15 is 0 Å². The average molecular weight is 552 g/mol. The number of hydrogen-bond donors (Lipinski definition) is 2. The highest BCUT2D eigenvalue weighted by molar-refractivity contribution is 7.18. The Morgan fingerprint density at radius 3 is 2.67 bits per heavy atom. The first-order valence-electron chi connectivity index (χ1n) is 12.5. The van der Waals surface area contributed by atoms with Crippen LogP contribution < -0.4 is 5.32 Å². The number of fused-ring (bicyclic) bond motifs is 2. The van der Waals surface area contributed by atoms with E-state index in [9.17, 15) is 18.4 Å². The van der Waals surface area contributed by atoms with Gasteiger partial charge >= 0.3 is 6.18 Å². The van der Waals surface area contributed by atoms with Gasteiger partial charge in [-0.2, -0.15) is 23.5 Å². The van der Waals surface area contributed by atoms with Gasteiger partial charge in [-0.05, 0) is 42.7 Å². The summed E-state index contributed by atoms with van der Waals surface area (Å²) >= 11 is 1.06. The molecule has 9 nitrogen and oxygen atoms in total. The molecule has 0 unspecified atom stereocenters. The van der Waals surface area contributed by atoms with Crippen molar-refractivity contribution in [2.75, 3.05) is 18.4 Å². The van der Waals surface area contributed by atoms with Crippen LogP contribution in [0.25, 0.3) is 21.1 Å². The maximum atomic E-state index is 12.8. The van der Waals surface area contributed by atoms with Crippen LogP contribution in [0.2, 0.25) is 0 Å². The average Bonchev–Trinajstić information content (AvgIpc) is 3.64. The van der Waals surface area contributed by atoms with Crippen molar-refractivity contribution >= 4 is 38.3 Å². The van der Waals surface area contributed by atoms with Crippen LogP contribution in [-0.4, -0.2) is 59.9 Å². The van der Waals surface area contributed by atoms with E-state index in [0.29, 0.717) is 34.1 Å². The summed E-state index contributed by atoms with van der Waals surface area (Å²) in [5.74, 6) is 1.28. The molecule has 5 aromatic rings. The van der Waals surface area contributed by atoms with Gasteiger partial charge in [-0.1, -0.05) is 6.07 Å². The molecule has 2 N–H and O–H groups in total. The summed E-state index contributed by atoms with van der Waals surface area (Å²) in [5, 5.41) is 21.5. The van der Waals surface area contributed by atoms with Gasteiger partial charge in [0, 0.05) is 41.5 Å². The zero-order valence-electron chi connectivity index (χ0n) is 20.7. The van der Waals surface area contributed by atoms with Gasteiger partial charge in [-0.15, -0.1) is 11.3 Å². The number of nitrogens with zero attached hydrogens (tertiary/aromatic N) is 7. The minimum atomic E-state index is -4.25. The van der Waals surface area contributed by atoms with Gasteiger partial charge in [-0.25, -0.2) is 15.0 Å². The normalized spacial score (nSPS) is 15.2. The predicted molar refractivity (Wildman–Crippen MR) is 141 cm³/mol. The summed E-state index contributed by atoms with van der Waals surface area (Å²) in [6.45, 7) is 2.99. The first-order valence-corrected chi connectivity index (χ1v) is 13.3. The molecule has 200 valence electrons. The second-order valence-electron chi connectivity index (χ2n) is 9.69. The van der Waals surface area contributed by atoms with Crippen LogP contribution in [0.1, 0.15) is 34.8 Å². The fourth-order valence-electron chi connectivity index (χ4n) is 5.13. The van der Waals surface area contributed by atoms with E-state index in [1.807, 2.05) is 16.7 Å². The van der Waals surface area contributed by atoms with E-state index in [0.717, 1.165) is 54.7 Å². The first-order chi connectivity index (χ1) is 18.8. The van der Waals surface area contributed by atoms with Crippen molar-refractivity contribution in [3.05, 3.63) is 64.9 Å². The molecule has 4 aromatic heterocycles. The lowest BCUT2D eigenvalue weighted by Crippen LogP contribution is -2.38. The molecular weight excluding hydrogens is 527 g/mol. The van der Waals surface area contributed by atoms with Gasteiger partial charge in [0.2, 0.25) is 0 Å². The third-order valence-electron chi connectivity index (χ3n) is 6.94. The van der Waals surface area contributed by atoms with Gasteiger partial charge in [0.25, 0.3) is 0 Å². The molecule has 5 heterocycles. The number of likely N-dealkylation sites (tertiary alicyclic amines) is 1. The summed E-state index contributed by atoms with van der Waals surface area (Å²) in [5.41, 5.74) is 2.71. The van der Waals surface area contributed by atoms with Crippen LogP contribution >= 0.6 is 11.3 Å². The van der Waals surface area contributed by atoms with Crippen LogP contribution in [0.15, 0.2) is 43.0 Å². The summed E-state index contributed by atoms with van der Waals surface area (Å²) < 4.78 is 40.5. The van der Waals surface area contributed by atoms with Crippen molar-refractivity contribution < 1.29 is 13.2 Å². The topological polar surface area (TPSA) is 111 Å². The molecule has 1 fully saturated rings. The number of piperidine rings is 1. The van der Waals surface area contributed by atoms with E-state index in [-0.39, 0.29) is 10.9 Å². The van der Waals surface area contributed by atoms with E-state index < -0.39 is 12.6 Å². The van der Waals surface area contributed by atoms with Crippen LogP contribution in [0.3, 0.4) is 0 Å². The van der Waals surface area contributed by atoms with Crippen LogP contribution in [0.5, 0.6) is 0 Å². The molecule has 1 aliphatic heterocycles. The van der Waals surface area contributed by atoms with E-state index in [1.165, 1.54) is 18.2 Å². The van der Waals surface area contributed by atoms with Crippen LogP contribution in [-0.2, 0) is 19.5 Å². The molecule has 6 rings (SSSR count). The molecule has 1 aliphatic rings. The van der Waals surface area contributed by atoms with Crippen LogP contribution in [0, 0.1) is 11.3 Å². The Morgan fingerprint density at radius 2 is 1.92 bits per heavy atom. The Hall–Kier alpha value is -4.02. The number of rotatable bonds is 7. The molecule has 39 heavy (non-hydrogen) atoms. The summed E-state index contributed by atoms with van der Waals surface area (Å²) in [6, 6.07) is 12.2. The van der Waals surface area contributed by atoms with Gasteiger partial charge in [-0.3, -0.25) is 10.00 Å². The SMILES string of the molecule is N#Cc1cc2cc(CN3CCC(Nc4ncnc5sc(CC(F)(F)F)cc45)CC3)ccc2n1Cc1ncn[nH]1. The van der Waals surface area contributed by atoms with Gasteiger partial charge < -0.3 is 9.88 Å². The molecule has 0 radical (unpaired) electrons. The molecule has 0 aliphatic carbocycles. The quantitative estimate of drug-likeness (QED) is 0.297. The monoisotopic (exact) mass is 551 g/mol. The Labute approximate surface area is 225 Å². The molecule has 1 aromatic carbocycles. The Balaban J connectivity index is 1.09. The Bertz CT molecular complexity index is 1640. The molecule has 0 bridgehead atoms. The van der Waals surface area contributed by atoms with Gasteiger partial charge in [0.05, 0.1) is 18.4 Å². The number of aromatic amines is 1. The van der Waals surface area contributed by atoms with Crippen molar-refractivity contribution in [3.8, 4) is 6.07 Å². The summed E-state index contributed by atoms with van der Waals surface area (Å²) in [6.07, 6.45) is -0.575. The smallest absolute Gasteiger partial charge is 0.367 e. The third-order valence-corrected chi connectivity index (χ3v) is 7.99. The van der Waals surface area contributed by atoms with E-state index in [1.54, 1.807) is 6.07 Å². The minimum absolute atomic E-state index is 0.177. The number of benzene rings is 1. The molecule has 13 heteroatoms. The van der Waals surface area contributed by atoms with Gasteiger partial charge in [0.15, 0.2) is 0 Å². The highest BCUT2D eigenvalue weighted by Gasteiger charge is 2.29. The fourth-order valence-corrected chi connectivity index (χ4v) is 6.16. The highest BCUT2D eigenvalue weighted by atomic mass is 32.1. The Kier molecular flexibility index (Phi) is 6.66. The second-order valence-corrected chi connectivity index (χ2v) is 10.8. The number of aromatic nitrogens is 6. The summed E-state index contributed by atoms with van der Waals surface area (Å²) in [7, 11) is 0. The number of hydrogen-bond acceptors (Lipinski definition) is 8. The third kappa shape index (κ3) is 5.57. The molecule has 0 atom stereocenters. The number of nitriles is 1. The summed E-state index contributed by atoms with van der Waals surface area (Å²) in [4.78, 5) is 15.8. The number of halogens is 3. The maximum Gasteiger partial charge on any atom is 0.393 e. The highest BCUT2D eigenvalue weighted by Crippen LogP contribution is 2.33. The standard InChI is InChI=1S/C26H24F3N9S/c27-26(28,29)10-20-9-21-24(32-14-33-25(21)39-20)35-18-3-5-37(6-4-18)12-16-1-2-22-17(7-16)8-19(11-30)38(22)13-23-31-15-34-36-23/h1-2,7-9,14-15,18H,3-6,10,12-13H2,(H,31,34,36)(H,32,33,35). The fraction of sp³-hybridized carbons (Fsp3) is 0.346. The Morgan fingerprint density at radius 1 is 1.08 bits per heavy atom. The first kappa shape index (κ1) is 25.3. The van der Waals surface area contributed by atoms with E-state index in [2.05, 4.69) is 53.6 Å². The molecule has 0 amide bonds. The van der Waals surface area contributed by atoms with Crippen molar-refractivity contribution in [1.82, 2.24) is 34.6 Å². The maximum absolute atomic E-state index is 12.8. The largest absolute Gasteiger partial charge is 0.393 e. The molecular formula is C26H24F3N9S. The lowest BCUT2D eigenvalue weighted by molar-refractivity contribution is -0.126. The molecule has 0 saturated carbocycles. The van der Waals surface area contributed by atoms with Gasteiger partial charge in [0.1, 0.15) is 40.9 Å². The van der Waals surface area contributed by atoms with Crippen molar-refractivity contribution in [3.63, 3.8) is 0 Å². The van der Waals surface area contributed by atoms with Crippen LogP contribution in [0.4, 0.5) is 19.0 Å². The lowest BCUT2D eigenvalue weighted by atomic mass is 10.0. The lowest BCUT2D eigenvalue weighted by Gasteiger charge is -2.32. The van der Waals surface area contributed by atoms with Crippen molar-refractivity contribution in [2.24, 2.45) is 0 Å². The molecule has 0 spiro atoms. The number of H-pyrrole nitrogens is 1. The number of thiophene rings is 1. The minimum Gasteiger partial charge on any atom is -0.367 e. The van der Waals surface area contributed by atoms with E-state index in [4.69, 9.17) is 0 Å². The van der Waals surface area contributed by atoms with Crippen molar-refractivity contribution in [1.29, 1.82) is 5.26 Å². The zero-order chi connectivity index (χ0) is 27.0. The molecule has 1 saturated heterocycles. The second kappa shape index (κ2) is 10.3. The number of nitrogens with one attached hydrogen (secondary N) is 2. The number of anilines is 1. The predicted octanol–water partition coefficient (Wildman–Crippen LogP) is 4.87. The zero-order valence-corrected chi connectivity index (χ0v) is 21.6.